The van der Waals surface area contributed by atoms with Crippen LogP contribution in [-0.4, -0.2) is 53.1 Å². The van der Waals surface area contributed by atoms with Crippen molar-refractivity contribution in [1.82, 2.24) is 4.90 Å². The summed E-state index contributed by atoms with van der Waals surface area (Å²) in [5.74, 6) is -2.38. The van der Waals surface area contributed by atoms with Crippen molar-refractivity contribution in [2.75, 3.05) is 18.5 Å². The van der Waals surface area contributed by atoms with Crippen molar-refractivity contribution in [2.24, 2.45) is 0 Å². The summed E-state index contributed by atoms with van der Waals surface area (Å²) in [4.78, 5) is 62.0. The van der Waals surface area contributed by atoms with Crippen LogP contribution in [0.2, 0.25) is 0 Å². The van der Waals surface area contributed by atoms with Gasteiger partial charge in [-0.1, -0.05) is 36.8 Å². The van der Waals surface area contributed by atoms with Gasteiger partial charge in [0.25, 0.3) is 17.1 Å². The minimum Gasteiger partial charge on any atom is -0.461 e. The number of carbonyl (C=O) groups excluding carboxylic acids is 5. The van der Waals surface area contributed by atoms with Crippen molar-refractivity contribution >= 4 is 52.5 Å². The van der Waals surface area contributed by atoms with Crippen LogP contribution in [0.4, 0.5) is 10.5 Å². The lowest BCUT2D eigenvalue weighted by Gasteiger charge is -2.14. The van der Waals surface area contributed by atoms with E-state index in [-0.39, 0.29) is 16.6 Å². The van der Waals surface area contributed by atoms with Gasteiger partial charge in [-0.05, 0) is 67.9 Å². The molecule has 2 aromatic carbocycles. The third-order valence-electron chi connectivity index (χ3n) is 5.18. The summed E-state index contributed by atoms with van der Waals surface area (Å²) in [6, 6.07) is 13.3. The van der Waals surface area contributed by atoms with Crippen LogP contribution in [0.3, 0.4) is 0 Å². The lowest BCUT2D eigenvalue weighted by atomic mass is 10.1. The first-order valence-corrected chi connectivity index (χ1v) is 12.1. The average Bonchev–Trinajstić information content (AvgIpc) is 3.11. The smallest absolute Gasteiger partial charge is 0.338 e. The van der Waals surface area contributed by atoms with Gasteiger partial charge < -0.3 is 14.8 Å². The lowest BCUT2D eigenvalue weighted by molar-refractivity contribution is -0.150. The van der Waals surface area contributed by atoms with Crippen molar-refractivity contribution < 1.29 is 33.4 Å². The molecule has 1 N–H and O–H groups in total. The molecule has 0 unspecified atom stereocenters. The van der Waals surface area contributed by atoms with Crippen molar-refractivity contribution in [2.45, 2.75) is 33.3 Å². The van der Waals surface area contributed by atoms with E-state index in [2.05, 4.69) is 5.32 Å². The van der Waals surface area contributed by atoms with Crippen LogP contribution in [0, 0.1) is 6.92 Å². The number of thioether (sulfide) groups is 1. The predicted octanol–water partition coefficient (Wildman–Crippen LogP) is 4.17. The van der Waals surface area contributed by atoms with Gasteiger partial charge in [0.1, 0.15) is 6.54 Å². The first-order chi connectivity index (χ1) is 17.2. The van der Waals surface area contributed by atoms with Gasteiger partial charge in [0.2, 0.25) is 0 Å². The number of nitrogens with zero attached hydrogens (tertiary/aromatic N) is 1. The first kappa shape index (κ1) is 26.7. The number of rotatable bonds is 9. The summed E-state index contributed by atoms with van der Waals surface area (Å²) in [5, 5.41) is 2.08. The number of amides is 3. The molecule has 1 heterocycles. The summed E-state index contributed by atoms with van der Waals surface area (Å²) in [7, 11) is 0. The molecular weight excluding hydrogens is 484 g/mol. The van der Waals surface area contributed by atoms with Crippen LogP contribution < -0.4 is 5.32 Å². The number of hydrogen-bond acceptors (Lipinski definition) is 8. The molecule has 0 aromatic heterocycles. The molecule has 36 heavy (non-hydrogen) atoms. The highest BCUT2D eigenvalue weighted by atomic mass is 32.2. The fourth-order valence-electron chi connectivity index (χ4n) is 3.03. The molecule has 0 bridgehead atoms. The quantitative estimate of drug-likeness (QED) is 0.394. The predicted molar refractivity (Wildman–Crippen MR) is 135 cm³/mol. The molecule has 1 fully saturated rings. The van der Waals surface area contributed by atoms with Gasteiger partial charge in [-0.15, -0.1) is 0 Å². The Morgan fingerprint density at radius 2 is 1.72 bits per heavy atom. The number of aryl methyl sites for hydroxylation is 1. The van der Waals surface area contributed by atoms with Crippen LogP contribution >= 0.6 is 11.8 Å². The lowest BCUT2D eigenvalue weighted by Crippen LogP contribution is -2.35. The molecule has 1 aliphatic heterocycles. The molecular formula is C26H26N2O7S. The van der Waals surface area contributed by atoms with E-state index in [1.54, 1.807) is 31.2 Å². The molecule has 0 radical (unpaired) electrons. The Kier molecular flexibility index (Phi) is 9.02. The molecule has 0 spiro atoms. The van der Waals surface area contributed by atoms with E-state index in [1.807, 2.05) is 26.0 Å². The average molecular weight is 511 g/mol. The van der Waals surface area contributed by atoms with Crippen LogP contribution in [0.5, 0.6) is 0 Å². The molecule has 1 aliphatic rings. The highest BCUT2D eigenvalue weighted by molar-refractivity contribution is 8.18. The van der Waals surface area contributed by atoms with Crippen molar-refractivity contribution in [3.8, 4) is 0 Å². The van der Waals surface area contributed by atoms with Crippen molar-refractivity contribution in [3.63, 3.8) is 0 Å². The maximum atomic E-state index is 12.6. The normalized spacial score (nSPS) is 15.1. The maximum Gasteiger partial charge on any atom is 0.338 e. The van der Waals surface area contributed by atoms with E-state index in [0.717, 1.165) is 22.2 Å². The second-order valence-electron chi connectivity index (χ2n) is 8.09. The number of imide groups is 1. The van der Waals surface area contributed by atoms with Gasteiger partial charge in [0.15, 0.2) is 6.61 Å². The Labute approximate surface area is 212 Å². The number of anilines is 1. The fraction of sp³-hybridized carbons (Fsp3) is 0.269. The van der Waals surface area contributed by atoms with E-state index >= 15 is 0 Å². The highest BCUT2D eigenvalue weighted by Crippen LogP contribution is 2.32. The Hall–Kier alpha value is -3.92. The molecule has 3 rings (SSSR count). The molecule has 0 aliphatic carbocycles. The molecule has 0 saturated carbocycles. The molecule has 188 valence electrons. The fourth-order valence-corrected chi connectivity index (χ4v) is 3.86. The summed E-state index contributed by atoms with van der Waals surface area (Å²) >= 11 is 0.721. The summed E-state index contributed by atoms with van der Waals surface area (Å²) in [5.41, 5.74) is 2.44. The second kappa shape index (κ2) is 12.2. The minimum atomic E-state index is -0.680. The van der Waals surface area contributed by atoms with Gasteiger partial charge in [-0.25, -0.2) is 4.79 Å². The number of benzene rings is 2. The van der Waals surface area contributed by atoms with E-state index in [4.69, 9.17) is 9.47 Å². The van der Waals surface area contributed by atoms with Gasteiger partial charge >= 0.3 is 11.9 Å². The number of hydrogen-bond donors (Lipinski definition) is 1. The monoisotopic (exact) mass is 510 g/mol. The molecule has 9 nitrogen and oxygen atoms in total. The molecule has 2 aromatic rings. The van der Waals surface area contributed by atoms with E-state index in [0.29, 0.717) is 17.7 Å². The SMILES string of the molecule is CC[C@@H](C)OC(=O)CN1C(=O)S/C(=C\c2ccc(C(=O)OCC(=O)Nc3ccc(C)cc3)cc2)C1=O. The Balaban J connectivity index is 1.54. The summed E-state index contributed by atoms with van der Waals surface area (Å²) in [6.07, 6.45) is 1.81. The van der Waals surface area contributed by atoms with Crippen LogP contribution in [-0.2, 0) is 23.9 Å². The highest BCUT2D eigenvalue weighted by Gasteiger charge is 2.36. The Bertz CT molecular complexity index is 1190. The summed E-state index contributed by atoms with van der Waals surface area (Å²) in [6.45, 7) is 4.62. The van der Waals surface area contributed by atoms with Crippen molar-refractivity contribution in [3.05, 3.63) is 70.1 Å². The number of ether oxygens (including phenoxy) is 2. The third-order valence-corrected chi connectivity index (χ3v) is 6.09. The standard InChI is InChI=1S/C26H26N2O7S/c1-4-17(3)35-23(30)14-28-24(31)21(36-26(28)33)13-18-7-9-19(10-8-18)25(32)34-15-22(29)27-20-11-5-16(2)6-12-20/h5-13,17H,4,14-15H2,1-3H3,(H,27,29)/b21-13-/t17-/m1/s1. The zero-order valence-electron chi connectivity index (χ0n) is 20.1. The van der Waals surface area contributed by atoms with Crippen LogP contribution in [0.25, 0.3) is 6.08 Å². The topological polar surface area (TPSA) is 119 Å². The van der Waals surface area contributed by atoms with Crippen molar-refractivity contribution in [1.29, 1.82) is 0 Å². The maximum absolute atomic E-state index is 12.6. The molecule has 1 atom stereocenters. The molecule has 3 amide bonds. The van der Waals surface area contributed by atoms with Crippen LogP contribution in [0.15, 0.2) is 53.4 Å². The van der Waals surface area contributed by atoms with E-state index < -0.39 is 42.1 Å². The molecule has 10 heteroatoms. The molecule has 1 saturated heterocycles. The third kappa shape index (κ3) is 7.29. The second-order valence-corrected chi connectivity index (χ2v) is 9.08. The Morgan fingerprint density at radius 3 is 2.36 bits per heavy atom. The van der Waals surface area contributed by atoms with Gasteiger partial charge in [0, 0.05) is 5.69 Å². The van der Waals surface area contributed by atoms with Gasteiger partial charge in [-0.3, -0.25) is 24.1 Å². The van der Waals surface area contributed by atoms with Crippen LogP contribution in [0.1, 0.15) is 41.8 Å². The van der Waals surface area contributed by atoms with Gasteiger partial charge in [-0.2, -0.15) is 0 Å². The number of nitrogens with one attached hydrogen (secondary N) is 1. The number of carbonyl (C=O) groups is 5. The van der Waals surface area contributed by atoms with Gasteiger partial charge in [0.05, 0.1) is 16.6 Å². The summed E-state index contributed by atoms with van der Waals surface area (Å²) < 4.78 is 10.2. The first-order valence-electron chi connectivity index (χ1n) is 11.2. The van der Waals surface area contributed by atoms with E-state index in [1.165, 1.54) is 18.2 Å². The minimum absolute atomic E-state index is 0.152. The zero-order chi connectivity index (χ0) is 26.2. The zero-order valence-corrected chi connectivity index (χ0v) is 20.9. The van der Waals surface area contributed by atoms with E-state index in [9.17, 15) is 24.0 Å². The number of esters is 2. The largest absolute Gasteiger partial charge is 0.461 e. The Morgan fingerprint density at radius 1 is 1.06 bits per heavy atom.